The van der Waals surface area contributed by atoms with Gasteiger partial charge in [-0.05, 0) is 28.9 Å². The molecule has 0 saturated heterocycles. The summed E-state index contributed by atoms with van der Waals surface area (Å²) in [6.07, 6.45) is 1.65. The third-order valence-corrected chi connectivity index (χ3v) is 1.46. The van der Waals surface area contributed by atoms with Gasteiger partial charge >= 0.3 is 0 Å². The van der Waals surface area contributed by atoms with Crippen molar-refractivity contribution in [2.24, 2.45) is 0 Å². The molecule has 0 fully saturated rings. The molecular weight excluding hydrogens is 206 g/mol. The van der Waals surface area contributed by atoms with Crippen LogP contribution in [0.3, 0.4) is 0 Å². The average Bonchev–Trinajstić information content (AvgIpc) is 2.02. The highest BCUT2D eigenvalue weighted by atomic mass is 79.9. The van der Waals surface area contributed by atoms with Gasteiger partial charge in [-0.25, -0.2) is 0 Å². The number of nitrogens with zero attached hydrogens (tertiary/aromatic N) is 1. The lowest BCUT2D eigenvalue weighted by atomic mass is 10.3. The Balaban J connectivity index is 0.000000461. The summed E-state index contributed by atoms with van der Waals surface area (Å²) in [5.74, 6) is 0.226. The van der Waals surface area contributed by atoms with E-state index in [1.165, 1.54) is 0 Å². The lowest BCUT2D eigenvalue weighted by molar-refractivity contribution is 0.467. The minimum Gasteiger partial charge on any atom is -0.506 e. The Morgan fingerprint density at radius 1 is 1.45 bits per heavy atom. The maximum atomic E-state index is 9.01. The van der Waals surface area contributed by atoms with Crippen LogP contribution < -0.4 is 0 Å². The van der Waals surface area contributed by atoms with Gasteiger partial charge in [0.15, 0.2) is 0 Å². The molecule has 3 heteroatoms. The lowest BCUT2D eigenvalue weighted by Crippen LogP contribution is -1.79. The molecule has 0 unspecified atom stereocenters. The van der Waals surface area contributed by atoms with Gasteiger partial charge in [0.05, 0.1) is 5.69 Å². The summed E-state index contributed by atoms with van der Waals surface area (Å²) in [6, 6.07) is 1.61. The van der Waals surface area contributed by atoms with Gasteiger partial charge in [0.2, 0.25) is 0 Å². The van der Waals surface area contributed by atoms with E-state index in [2.05, 4.69) is 20.9 Å². The first-order valence-electron chi connectivity index (χ1n) is 3.51. The van der Waals surface area contributed by atoms with Gasteiger partial charge in [0, 0.05) is 10.7 Å². The third kappa shape index (κ3) is 3.37. The predicted molar refractivity (Wildman–Crippen MR) is 49.7 cm³/mol. The zero-order valence-electron chi connectivity index (χ0n) is 6.93. The Morgan fingerprint density at radius 3 is 2.36 bits per heavy atom. The number of pyridine rings is 1. The molecule has 1 rings (SSSR count). The molecule has 0 spiro atoms. The first-order valence-corrected chi connectivity index (χ1v) is 4.30. The van der Waals surface area contributed by atoms with Gasteiger partial charge in [-0.15, -0.1) is 0 Å². The summed E-state index contributed by atoms with van der Waals surface area (Å²) < 4.78 is 0.797. The van der Waals surface area contributed by atoms with Crippen LogP contribution in [-0.2, 0) is 0 Å². The fourth-order valence-corrected chi connectivity index (χ4v) is 0.816. The number of rotatable bonds is 0. The third-order valence-electron chi connectivity index (χ3n) is 1.03. The molecule has 1 aromatic rings. The van der Waals surface area contributed by atoms with E-state index in [1.807, 2.05) is 13.8 Å². The van der Waals surface area contributed by atoms with Crippen molar-refractivity contribution in [3.05, 3.63) is 22.4 Å². The Bertz CT molecular complexity index is 225. The van der Waals surface area contributed by atoms with Crippen LogP contribution in [0, 0.1) is 6.92 Å². The van der Waals surface area contributed by atoms with Crippen molar-refractivity contribution in [1.82, 2.24) is 4.98 Å². The number of halogens is 1. The molecule has 62 valence electrons. The van der Waals surface area contributed by atoms with Gasteiger partial charge in [-0.3, -0.25) is 4.98 Å². The lowest BCUT2D eigenvalue weighted by Gasteiger charge is -1.95. The molecule has 11 heavy (non-hydrogen) atoms. The van der Waals surface area contributed by atoms with Crippen LogP contribution in [-0.4, -0.2) is 10.1 Å². The standard InChI is InChI=1S/C6H6BrNO.C2H6/c1-4-6(9)2-5(7)3-8-4;1-2/h2-3,9H,1H3;1-2H3. The molecule has 0 atom stereocenters. The van der Waals surface area contributed by atoms with Crippen LogP contribution in [0.4, 0.5) is 0 Å². The summed E-state index contributed by atoms with van der Waals surface area (Å²) in [5.41, 5.74) is 0.651. The molecule has 0 aliphatic carbocycles. The van der Waals surface area contributed by atoms with Crippen molar-refractivity contribution in [2.75, 3.05) is 0 Å². The maximum Gasteiger partial charge on any atom is 0.137 e. The highest BCUT2D eigenvalue weighted by Gasteiger charge is 1.94. The minimum atomic E-state index is 0.226. The van der Waals surface area contributed by atoms with E-state index in [-0.39, 0.29) is 5.75 Å². The normalized spacial score (nSPS) is 8.36. The Labute approximate surface area is 75.4 Å². The second kappa shape index (κ2) is 5.13. The fraction of sp³-hybridized carbons (Fsp3) is 0.375. The number of aromatic nitrogens is 1. The summed E-state index contributed by atoms with van der Waals surface area (Å²) in [7, 11) is 0. The van der Waals surface area contributed by atoms with E-state index in [9.17, 15) is 0 Å². The average molecular weight is 218 g/mol. The van der Waals surface area contributed by atoms with Gasteiger partial charge in [0.25, 0.3) is 0 Å². The number of aryl methyl sites for hydroxylation is 1. The summed E-state index contributed by atoms with van der Waals surface area (Å²) in [6.45, 7) is 5.75. The highest BCUT2D eigenvalue weighted by molar-refractivity contribution is 9.10. The van der Waals surface area contributed by atoms with E-state index >= 15 is 0 Å². The van der Waals surface area contributed by atoms with E-state index in [4.69, 9.17) is 5.11 Å². The molecule has 0 aliphatic heterocycles. The molecule has 1 heterocycles. The highest BCUT2D eigenvalue weighted by Crippen LogP contribution is 2.17. The van der Waals surface area contributed by atoms with Crippen LogP contribution in [0.2, 0.25) is 0 Å². The van der Waals surface area contributed by atoms with Crippen molar-refractivity contribution >= 4 is 15.9 Å². The summed E-state index contributed by atoms with van der Waals surface area (Å²) in [5, 5.41) is 9.01. The monoisotopic (exact) mass is 217 g/mol. The van der Waals surface area contributed by atoms with E-state index in [0.29, 0.717) is 5.69 Å². The minimum absolute atomic E-state index is 0.226. The topological polar surface area (TPSA) is 33.1 Å². The summed E-state index contributed by atoms with van der Waals surface area (Å²) in [4.78, 5) is 3.88. The quantitative estimate of drug-likeness (QED) is 0.726. The molecule has 1 aromatic heterocycles. The largest absolute Gasteiger partial charge is 0.506 e. The Morgan fingerprint density at radius 2 is 2.00 bits per heavy atom. The van der Waals surface area contributed by atoms with Gasteiger partial charge in [-0.1, -0.05) is 13.8 Å². The van der Waals surface area contributed by atoms with Crippen molar-refractivity contribution in [2.45, 2.75) is 20.8 Å². The van der Waals surface area contributed by atoms with Crippen molar-refractivity contribution in [3.8, 4) is 5.75 Å². The Kier molecular flexibility index (Phi) is 4.86. The van der Waals surface area contributed by atoms with Crippen LogP contribution >= 0.6 is 15.9 Å². The molecule has 0 saturated carbocycles. The predicted octanol–water partition coefficient (Wildman–Crippen LogP) is 2.88. The van der Waals surface area contributed by atoms with Gasteiger partial charge in [0.1, 0.15) is 5.75 Å². The number of aromatic hydroxyl groups is 1. The SMILES string of the molecule is CC.Cc1ncc(Br)cc1O. The van der Waals surface area contributed by atoms with Crippen LogP contribution in [0.15, 0.2) is 16.7 Å². The van der Waals surface area contributed by atoms with E-state index in [0.717, 1.165) is 4.47 Å². The van der Waals surface area contributed by atoms with Crippen molar-refractivity contribution in [3.63, 3.8) is 0 Å². The first-order chi connectivity index (χ1) is 5.20. The second-order valence-electron chi connectivity index (χ2n) is 1.76. The van der Waals surface area contributed by atoms with Gasteiger partial charge < -0.3 is 5.11 Å². The van der Waals surface area contributed by atoms with Gasteiger partial charge in [-0.2, -0.15) is 0 Å². The van der Waals surface area contributed by atoms with E-state index < -0.39 is 0 Å². The number of hydrogen-bond acceptors (Lipinski definition) is 2. The van der Waals surface area contributed by atoms with Crippen LogP contribution in [0.25, 0.3) is 0 Å². The smallest absolute Gasteiger partial charge is 0.137 e. The maximum absolute atomic E-state index is 9.01. The molecular formula is C8H12BrNO. The Hall–Kier alpha value is -0.570. The fourth-order valence-electron chi connectivity index (χ4n) is 0.497. The second-order valence-corrected chi connectivity index (χ2v) is 2.67. The zero-order valence-corrected chi connectivity index (χ0v) is 8.51. The molecule has 0 aliphatic rings. The van der Waals surface area contributed by atoms with Crippen molar-refractivity contribution < 1.29 is 5.11 Å². The summed E-state index contributed by atoms with van der Waals surface area (Å²) >= 11 is 3.17. The molecule has 1 N–H and O–H groups in total. The van der Waals surface area contributed by atoms with Crippen LogP contribution in [0.5, 0.6) is 5.75 Å². The molecule has 0 radical (unpaired) electrons. The zero-order chi connectivity index (χ0) is 8.85. The van der Waals surface area contributed by atoms with Crippen molar-refractivity contribution in [1.29, 1.82) is 0 Å². The molecule has 0 amide bonds. The van der Waals surface area contributed by atoms with Crippen LogP contribution in [0.1, 0.15) is 19.5 Å². The molecule has 0 aromatic carbocycles. The molecule has 0 bridgehead atoms. The number of hydrogen-bond donors (Lipinski definition) is 1. The van der Waals surface area contributed by atoms with E-state index in [1.54, 1.807) is 19.2 Å². The molecule has 2 nitrogen and oxygen atoms in total. The first kappa shape index (κ1) is 10.4.